The van der Waals surface area contributed by atoms with Gasteiger partial charge in [0.1, 0.15) is 6.04 Å². The molecule has 198 valence electrons. The largest absolute Gasteiger partial charge is 0.374 e. The Morgan fingerprint density at radius 2 is 1.83 bits per heavy atom. The van der Waals surface area contributed by atoms with Crippen LogP contribution < -0.4 is 21.1 Å². The number of hydrogen-bond donors (Lipinski definition) is 4. The number of nitrogens with two attached hydrogens (primary N) is 1. The molecule has 1 fully saturated rings. The quantitative estimate of drug-likeness (QED) is 0.353. The topological polar surface area (TPSA) is 140 Å². The third-order valence-electron chi connectivity index (χ3n) is 6.79. The van der Waals surface area contributed by atoms with Gasteiger partial charge in [-0.3, -0.25) is 9.59 Å². The first-order valence-corrected chi connectivity index (χ1v) is 14.0. The molecular weight excluding hydrogens is 480 g/mol. The molecule has 1 unspecified atom stereocenters. The van der Waals surface area contributed by atoms with Gasteiger partial charge in [0.25, 0.3) is 0 Å². The van der Waals surface area contributed by atoms with Gasteiger partial charge in [0, 0.05) is 6.54 Å². The smallest absolute Gasteiger partial charge is 0.245 e. The Kier molecular flexibility index (Phi) is 9.46. The number of carbonyl (C=O) groups is 2. The van der Waals surface area contributed by atoms with Gasteiger partial charge in [-0.25, -0.2) is 13.1 Å². The van der Waals surface area contributed by atoms with Crippen LogP contribution in [0, 0.1) is 0 Å². The second kappa shape index (κ2) is 12.1. The molecule has 0 aromatic heterocycles. The number of ether oxygens (including phenoxy) is 1. The highest BCUT2D eigenvalue weighted by molar-refractivity contribution is 7.94. The summed E-state index contributed by atoms with van der Waals surface area (Å²) in [4.78, 5) is 25.7. The zero-order chi connectivity index (χ0) is 26.3. The van der Waals surface area contributed by atoms with E-state index >= 15 is 0 Å². The molecule has 1 aliphatic heterocycles. The fraction of sp³-hybridized carbons (Fsp3) is 0.538. The Morgan fingerprint density at radius 3 is 2.44 bits per heavy atom. The maximum Gasteiger partial charge on any atom is 0.245 e. The van der Waals surface area contributed by atoms with E-state index in [9.17, 15) is 18.0 Å². The van der Waals surface area contributed by atoms with E-state index in [-0.39, 0.29) is 24.7 Å². The van der Waals surface area contributed by atoms with E-state index in [2.05, 4.69) is 21.9 Å². The van der Waals surface area contributed by atoms with E-state index in [1.54, 1.807) is 0 Å². The van der Waals surface area contributed by atoms with Crippen LogP contribution in [0.25, 0.3) is 0 Å². The Hall–Kier alpha value is -2.53. The van der Waals surface area contributed by atoms with E-state index in [1.165, 1.54) is 6.92 Å². The maximum atomic E-state index is 13.2. The molecule has 5 N–H and O–H groups in total. The highest BCUT2D eigenvalue weighted by atomic mass is 32.2. The van der Waals surface area contributed by atoms with Crippen molar-refractivity contribution in [2.45, 2.75) is 76.6 Å². The molecule has 1 aliphatic carbocycles. The molecule has 36 heavy (non-hydrogen) atoms. The van der Waals surface area contributed by atoms with Crippen LogP contribution in [-0.4, -0.2) is 51.0 Å². The normalized spacial score (nSPS) is 20.1. The SMILES string of the molecule is C=C(CC)C1=C(CNC(=O)[C@@H](COCc2ccccc2)NC(=O)C(C)N)C2(CCCCC2)NS1(=O)=O. The molecule has 1 spiro atoms. The monoisotopic (exact) mass is 518 g/mol. The fourth-order valence-electron chi connectivity index (χ4n) is 4.78. The van der Waals surface area contributed by atoms with E-state index < -0.39 is 39.5 Å². The van der Waals surface area contributed by atoms with Crippen molar-refractivity contribution in [2.75, 3.05) is 13.2 Å². The van der Waals surface area contributed by atoms with Gasteiger partial charge in [0.2, 0.25) is 21.8 Å². The lowest BCUT2D eigenvalue weighted by Crippen LogP contribution is -2.54. The first kappa shape index (κ1) is 28.0. The van der Waals surface area contributed by atoms with E-state index in [0.717, 1.165) is 24.8 Å². The van der Waals surface area contributed by atoms with Crippen molar-refractivity contribution in [3.05, 3.63) is 58.5 Å². The minimum absolute atomic E-state index is 0.0304. The average Bonchev–Trinajstić information content (AvgIpc) is 3.07. The lowest BCUT2D eigenvalue weighted by Gasteiger charge is -2.35. The van der Waals surface area contributed by atoms with Crippen LogP contribution in [0.5, 0.6) is 0 Å². The van der Waals surface area contributed by atoms with Gasteiger partial charge in [-0.05, 0) is 42.9 Å². The van der Waals surface area contributed by atoms with Gasteiger partial charge in [0.05, 0.1) is 29.7 Å². The highest BCUT2D eigenvalue weighted by Crippen LogP contribution is 2.44. The van der Waals surface area contributed by atoms with Crippen molar-refractivity contribution in [1.82, 2.24) is 15.4 Å². The molecule has 1 aromatic carbocycles. The molecular formula is C26H38N4O5S. The third kappa shape index (κ3) is 6.61. The number of hydrogen-bond acceptors (Lipinski definition) is 6. The first-order chi connectivity index (χ1) is 17.1. The van der Waals surface area contributed by atoms with E-state index in [1.807, 2.05) is 37.3 Å². The maximum absolute atomic E-state index is 13.2. The van der Waals surface area contributed by atoms with Gasteiger partial charge >= 0.3 is 0 Å². The van der Waals surface area contributed by atoms with Crippen molar-refractivity contribution in [1.29, 1.82) is 0 Å². The number of amides is 2. The molecule has 2 amide bonds. The third-order valence-corrected chi connectivity index (χ3v) is 8.52. The number of allylic oxidation sites excluding steroid dienone is 1. The number of benzene rings is 1. The number of nitrogens with one attached hydrogen (secondary N) is 3. The number of sulfonamides is 1. The minimum atomic E-state index is -3.73. The first-order valence-electron chi connectivity index (χ1n) is 12.5. The van der Waals surface area contributed by atoms with Gasteiger partial charge < -0.3 is 21.1 Å². The molecule has 1 heterocycles. The summed E-state index contributed by atoms with van der Waals surface area (Å²) in [5, 5.41) is 5.50. The zero-order valence-electron chi connectivity index (χ0n) is 21.1. The molecule has 0 bridgehead atoms. The van der Waals surface area contributed by atoms with Gasteiger partial charge in [-0.15, -0.1) is 0 Å². The van der Waals surface area contributed by atoms with Crippen molar-refractivity contribution >= 4 is 21.8 Å². The minimum Gasteiger partial charge on any atom is -0.374 e. The Labute approximate surface area is 214 Å². The van der Waals surface area contributed by atoms with Crippen LogP contribution in [0.3, 0.4) is 0 Å². The summed E-state index contributed by atoms with van der Waals surface area (Å²) in [5.41, 5.74) is 7.07. The van der Waals surface area contributed by atoms with Crippen LogP contribution >= 0.6 is 0 Å². The average molecular weight is 519 g/mol. The Bertz CT molecular complexity index is 1090. The molecule has 1 saturated carbocycles. The van der Waals surface area contributed by atoms with E-state index in [4.69, 9.17) is 10.5 Å². The van der Waals surface area contributed by atoms with E-state index in [0.29, 0.717) is 30.4 Å². The Morgan fingerprint density at radius 1 is 1.17 bits per heavy atom. The Balaban J connectivity index is 1.78. The van der Waals surface area contributed by atoms with Crippen molar-refractivity contribution < 1.29 is 22.7 Å². The van der Waals surface area contributed by atoms with Crippen LogP contribution in [0.1, 0.15) is 57.9 Å². The van der Waals surface area contributed by atoms with Crippen LogP contribution in [-0.2, 0) is 31.0 Å². The van der Waals surface area contributed by atoms with Gasteiger partial charge in [0.15, 0.2) is 0 Å². The lowest BCUT2D eigenvalue weighted by atomic mass is 9.76. The fourth-order valence-corrected chi connectivity index (χ4v) is 6.84. The van der Waals surface area contributed by atoms with Crippen LogP contribution in [0.15, 0.2) is 53.0 Å². The molecule has 3 rings (SSSR count). The number of carbonyl (C=O) groups excluding carboxylic acids is 2. The van der Waals surface area contributed by atoms with Crippen LogP contribution in [0.2, 0.25) is 0 Å². The second-order valence-electron chi connectivity index (χ2n) is 9.58. The predicted octanol–water partition coefficient (Wildman–Crippen LogP) is 2.01. The van der Waals surface area contributed by atoms with Gasteiger partial charge in [-0.1, -0.05) is 63.1 Å². The molecule has 0 radical (unpaired) electrons. The molecule has 2 aliphatic rings. The predicted molar refractivity (Wildman–Crippen MR) is 139 cm³/mol. The molecule has 10 heteroatoms. The van der Waals surface area contributed by atoms with Crippen molar-refractivity contribution in [3.63, 3.8) is 0 Å². The summed E-state index contributed by atoms with van der Waals surface area (Å²) >= 11 is 0. The summed E-state index contributed by atoms with van der Waals surface area (Å²) in [5.74, 6) is -0.951. The molecule has 2 atom stereocenters. The number of rotatable bonds is 11. The summed E-state index contributed by atoms with van der Waals surface area (Å²) < 4.78 is 34.8. The van der Waals surface area contributed by atoms with Crippen molar-refractivity contribution in [2.24, 2.45) is 5.73 Å². The van der Waals surface area contributed by atoms with Gasteiger partial charge in [-0.2, -0.15) is 0 Å². The lowest BCUT2D eigenvalue weighted by molar-refractivity contribution is -0.131. The molecule has 9 nitrogen and oxygen atoms in total. The molecule has 1 aromatic rings. The summed E-state index contributed by atoms with van der Waals surface area (Å²) in [6, 6.07) is 7.70. The highest BCUT2D eigenvalue weighted by Gasteiger charge is 2.49. The molecule has 0 saturated heterocycles. The standard InChI is InChI=1S/C26H38N4O5S/c1-4-18(2)23-21(26(30-36(23,33)34)13-9-6-10-14-26)15-28-25(32)22(29-24(31)19(3)27)17-35-16-20-11-7-5-8-12-20/h5,7-8,11-12,19,22,30H,2,4,6,9-10,13-17,27H2,1,3H3,(H,28,32)(H,29,31)/t19?,22-/m1/s1. The summed E-state index contributed by atoms with van der Waals surface area (Å²) in [6.07, 6.45) is 4.64. The second-order valence-corrected chi connectivity index (χ2v) is 11.2. The summed E-state index contributed by atoms with van der Waals surface area (Å²) in [7, 11) is -3.73. The summed E-state index contributed by atoms with van der Waals surface area (Å²) in [6.45, 7) is 7.62. The zero-order valence-corrected chi connectivity index (χ0v) is 22.0. The van der Waals surface area contributed by atoms with Crippen molar-refractivity contribution in [3.8, 4) is 0 Å². The van der Waals surface area contributed by atoms with Crippen LogP contribution in [0.4, 0.5) is 0 Å².